The van der Waals surface area contributed by atoms with E-state index in [1.165, 1.54) is 7.11 Å². The van der Waals surface area contributed by atoms with Crippen molar-refractivity contribution in [2.75, 3.05) is 7.11 Å². The first kappa shape index (κ1) is 9.45. The molecular weight excluding hydrogens is 203 g/mol. The average molecular weight is 210 g/mol. The first-order chi connectivity index (χ1) is 7.13. The quantitative estimate of drug-likeness (QED) is 0.808. The normalized spacial score (nSPS) is 10.5. The van der Waals surface area contributed by atoms with Gasteiger partial charge in [-0.25, -0.2) is 13.7 Å². The van der Waals surface area contributed by atoms with Crippen molar-refractivity contribution in [1.29, 1.82) is 0 Å². The minimum absolute atomic E-state index is 0.0214. The van der Waals surface area contributed by atoms with Crippen LogP contribution in [0.25, 0.3) is 5.52 Å². The second-order valence-electron chi connectivity index (χ2n) is 2.88. The summed E-state index contributed by atoms with van der Waals surface area (Å²) in [6.45, 7) is 0. The monoisotopic (exact) mass is 210 g/mol. The molecule has 15 heavy (non-hydrogen) atoms. The van der Waals surface area contributed by atoms with Crippen LogP contribution in [0.2, 0.25) is 0 Å². The molecule has 0 spiro atoms. The summed E-state index contributed by atoms with van der Waals surface area (Å²) in [7, 11) is 1.34. The lowest BCUT2D eigenvalue weighted by atomic mass is 10.2. The van der Waals surface area contributed by atoms with Gasteiger partial charge in [0.15, 0.2) is 0 Å². The smallest absolute Gasteiger partial charge is 0.339 e. The molecule has 2 heterocycles. The molecule has 2 aromatic rings. The van der Waals surface area contributed by atoms with Gasteiger partial charge in [0.1, 0.15) is 22.6 Å². The zero-order chi connectivity index (χ0) is 11.0. The summed E-state index contributed by atoms with van der Waals surface area (Å²) in [6, 6.07) is 1.11. The Bertz CT molecular complexity index is 535. The number of fused-ring (bicyclic) bond motifs is 1. The fraction of sp³-hybridized carbons (Fsp3) is 0.111. The van der Waals surface area contributed by atoms with Crippen LogP contribution in [-0.2, 0) is 0 Å². The van der Waals surface area contributed by atoms with Gasteiger partial charge in [0.25, 0.3) is 0 Å². The highest BCUT2D eigenvalue weighted by Crippen LogP contribution is 2.24. The SMILES string of the molecule is COc1cc(F)cn2ncc(C(=O)O)c12. The Hall–Kier alpha value is -2.11. The van der Waals surface area contributed by atoms with Crippen LogP contribution in [-0.4, -0.2) is 27.8 Å². The van der Waals surface area contributed by atoms with Crippen LogP contribution < -0.4 is 4.74 Å². The maximum absolute atomic E-state index is 13.0. The largest absolute Gasteiger partial charge is 0.494 e. The van der Waals surface area contributed by atoms with Gasteiger partial charge in [0, 0.05) is 6.07 Å². The molecule has 5 nitrogen and oxygen atoms in total. The van der Waals surface area contributed by atoms with E-state index in [0.717, 1.165) is 23.0 Å². The number of ether oxygens (including phenoxy) is 1. The van der Waals surface area contributed by atoms with Crippen LogP contribution >= 0.6 is 0 Å². The van der Waals surface area contributed by atoms with Crippen LogP contribution in [0.5, 0.6) is 5.75 Å². The van der Waals surface area contributed by atoms with Gasteiger partial charge in [-0.15, -0.1) is 0 Å². The Labute approximate surface area is 83.7 Å². The minimum Gasteiger partial charge on any atom is -0.494 e. The third-order valence-electron chi connectivity index (χ3n) is 1.99. The molecule has 0 bridgehead atoms. The first-order valence-corrected chi connectivity index (χ1v) is 4.07. The number of rotatable bonds is 2. The number of hydrogen-bond donors (Lipinski definition) is 1. The zero-order valence-corrected chi connectivity index (χ0v) is 7.77. The van der Waals surface area contributed by atoms with Gasteiger partial charge in [-0.05, 0) is 0 Å². The van der Waals surface area contributed by atoms with Crippen molar-refractivity contribution in [3.05, 3.63) is 29.8 Å². The topological polar surface area (TPSA) is 63.8 Å². The van der Waals surface area contributed by atoms with Gasteiger partial charge in [-0.3, -0.25) is 0 Å². The van der Waals surface area contributed by atoms with Gasteiger partial charge in [-0.1, -0.05) is 0 Å². The van der Waals surface area contributed by atoms with E-state index >= 15 is 0 Å². The number of aromatic carboxylic acids is 1. The van der Waals surface area contributed by atoms with Crippen molar-refractivity contribution in [1.82, 2.24) is 9.61 Å². The predicted octanol–water partition coefficient (Wildman–Crippen LogP) is 1.18. The highest BCUT2D eigenvalue weighted by Gasteiger charge is 2.16. The predicted molar refractivity (Wildman–Crippen MR) is 48.7 cm³/mol. The van der Waals surface area contributed by atoms with E-state index in [0.29, 0.717) is 0 Å². The first-order valence-electron chi connectivity index (χ1n) is 4.07. The number of carboxylic acids is 1. The number of carboxylic acid groups (broad SMARTS) is 1. The lowest BCUT2D eigenvalue weighted by Gasteiger charge is -2.03. The van der Waals surface area contributed by atoms with Crippen LogP contribution in [0.4, 0.5) is 4.39 Å². The van der Waals surface area contributed by atoms with E-state index in [2.05, 4.69) is 5.10 Å². The summed E-state index contributed by atoms with van der Waals surface area (Å²) in [5.41, 5.74) is 0.221. The van der Waals surface area contributed by atoms with Crippen molar-refractivity contribution >= 4 is 11.5 Å². The minimum atomic E-state index is -1.13. The lowest BCUT2D eigenvalue weighted by Crippen LogP contribution is -1.99. The lowest BCUT2D eigenvalue weighted by molar-refractivity contribution is 0.0698. The Morgan fingerprint density at radius 2 is 2.40 bits per heavy atom. The molecule has 0 unspecified atom stereocenters. The summed E-state index contributed by atoms with van der Waals surface area (Å²) >= 11 is 0. The number of nitrogens with zero attached hydrogens (tertiary/aromatic N) is 2. The summed E-state index contributed by atoms with van der Waals surface area (Å²) < 4.78 is 19.0. The Morgan fingerprint density at radius 1 is 1.67 bits per heavy atom. The fourth-order valence-electron chi connectivity index (χ4n) is 1.37. The second kappa shape index (κ2) is 3.23. The molecule has 0 aliphatic heterocycles. The van der Waals surface area contributed by atoms with E-state index in [-0.39, 0.29) is 16.8 Å². The molecule has 2 aromatic heterocycles. The molecule has 1 N–H and O–H groups in total. The molecular formula is C9H7FN2O3. The number of aromatic nitrogens is 2. The van der Waals surface area contributed by atoms with Crippen molar-refractivity contribution in [2.24, 2.45) is 0 Å². The van der Waals surface area contributed by atoms with E-state index < -0.39 is 11.8 Å². The van der Waals surface area contributed by atoms with Crippen LogP contribution in [0.1, 0.15) is 10.4 Å². The molecule has 78 valence electrons. The second-order valence-corrected chi connectivity index (χ2v) is 2.88. The van der Waals surface area contributed by atoms with Crippen molar-refractivity contribution in [3.8, 4) is 5.75 Å². The molecule has 0 fully saturated rings. The highest BCUT2D eigenvalue weighted by molar-refractivity contribution is 5.97. The van der Waals surface area contributed by atoms with E-state index in [4.69, 9.17) is 9.84 Å². The summed E-state index contributed by atoms with van der Waals surface area (Å²) in [5.74, 6) is -1.53. The molecule has 0 atom stereocenters. The Kier molecular flexibility index (Phi) is 2.03. The maximum Gasteiger partial charge on any atom is 0.339 e. The number of hydrogen-bond acceptors (Lipinski definition) is 3. The fourth-order valence-corrected chi connectivity index (χ4v) is 1.37. The molecule has 0 aliphatic carbocycles. The van der Waals surface area contributed by atoms with Crippen LogP contribution in [0.15, 0.2) is 18.5 Å². The van der Waals surface area contributed by atoms with Gasteiger partial charge in [0.05, 0.1) is 19.5 Å². The van der Waals surface area contributed by atoms with Gasteiger partial charge >= 0.3 is 5.97 Å². The maximum atomic E-state index is 13.0. The van der Waals surface area contributed by atoms with Crippen molar-refractivity contribution < 1.29 is 19.0 Å². The van der Waals surface area contributed by atoms with Crippen LogP contribution in [0.3, 0.4) is 0 Å². The number of halogens is 1. The Morgan fingerprint density at radius 3 is 3.00 bits per heavy atom. The molecule has 6 heteroatoms. The highest BCUT2D eigenvalue weighted by atomic mass is 19.1. The zero-order valence-electron chi connectivity index (χ0n) is 7.77. The van der Waals surface area contributed by atoms with E-state index in [1.807, 2.05) is 0 Å². The van der Waals surface area contributed by atoms with Crippen LogP contribution in [0, 0.1) is 5.82 Å². The van der Waals surface area contributed by atoms with E-state index in [9.17, 15) is 9.18 Å². The summed E-state index contributed by atoms with van der Waals surface area (Å²) in [5, 5.41) is 12.6. The molecule has 2 rings (SSSR count). The molecule has 0 aliphatic rings. The third-order valence-corrected chi connectivity index (χ3v) is 1.99. The molecule has 0 aromatic carbocycles. The van der Waals surface area contributed by atoms with Crippen molar-refractivity contribution in [3.63, 3.8) is 0 Å². The van der Waals surface area contributed by atoms with Gasteiger partial charge in [-0.2, -0.15) is 5.10 Å². The van der Waals surface area contributed by atoms with Crippen molar-refractivity contribution in [2.45, 2.75) is 0 Å². The summed E-state index contributed by atoms with van der Waals surface area (Å²) in [4.78, 5) is 10.8. The third kappa shape index (κ3) is 1.39. The molecule has 0 saturated carbocycles. The van der Waals surface area contributed by atoms with E-state index in [1.54, 1.807) is 0 Å². The Balaban J connectivity index is 2.83. The number of carbonyl (C=O) groups is 1. The van der Waals surface area contributed by atoms with Gasteiger partial charge < -0.3 is 9.84 Å². The molecule has 0 saturated heterocycles. The number of methoxy groups -OCH3 is 1. The van der Waals surface area contributed by atoms with Gasteiger partial charge in [0.2, 0.25) is 0 Å². The summed E-state index contributed by atoms with van der Waals surface area (Å²) in [6.07, 6.45) is 2.24. The number of pyridine rings is 1. The molecule has 0 amide bonds. The average Bonchev–Trinajstić information content (AvgIpc) is 2.59. The molecule has 0 radical (unpaired) electrons. The standard InChI is InChI=1S/C9H7FN2O3/c1-15-7-2-5(10)4-12-8(7)6(3-11-12)9(13)14/h2-4H,1H3,(H,13,14).